The second-order valence-electron chi connectivity index (χ2n) is 6.76. The Balaban J connectivity index is 1.71. The fourth-order valence-electron chi connectivity index (χ4n) is 3.29. The molecule has 0 radical (unpaired) electrons. The standard InChI is InChI=1S/C20H22FN3O4/c1-12-18(22-19(25)16-8-3-4-9-17(16)20(26)27)13(2)24(23-12)11-28-15-7-5-6-14(21)10-15/h3-7,10,16-17H,8-9,11H2,1-2H3,(H,22,25)(H,26,27). The predicted molar refractivity (Wildman–Crippen MR) is 100 cm³/mol. The van der Waals surface area contributed by atoms with Crippen LogP contribution < -0.4 is 10.1 Å². The van der Waals surface area contributed by atoms with Crippen LogP contribution in [0.3, 0.4) is 0 Å². The van der Waals surface area contributed by atoms with Gasteiger partial charge in [0.25, 0.3) is 0 Å². The second-order valence-corrected chi connectivity index (χ2v) is 6.76. The van der Waals surface area contributed by atoms with Gasteiger partial charge >= 0.3 is 5.97 Å². The number of nitrogens with zero attached hydrogens (tertiary/aromatic N) is 2. The van der Waals surface area contributed by atoms with E-state index in [9.17, 15) is 19.1 Å². The molecule has 2 unspecified atom stereocenters. The van der Waals surface area contributed by atoms with Crippen LogP contribution in [0.25, 0.3) is 0 Å². The summed E-state index contributed by atoms with van der Waals surface area (Å²) in [7, 11) is 0. The normalized spacial score (nSPS) is 18.7. The van der Waals surface area contributed by atoms with Crippen LogP contribution >= 0.6 is 0 Å². The summed E-state index contributed by atoms with van der Waals surface area (Å²) >= 11 is 0. The van der Waals surface area contributed by atoms with Crippen LogP contribution in [0.1, 0.15) is 24.2 Å². The minimum absolute atomic E-state index is 0.0515. The molecule has 1 heterocycles. The lowest BCUT2D eigenvalue weighted by atomic mass is 9.82. The fourth-order valence-corrected chi connectivity index (χ4v) is 3.29. The van der Waals surface area contributed by atoms with Crippen molar-refractivity contribution in [3.63, 3.8) is 0 Å². The molecule has 0 spiro atoms. The van der Waals surface area contributed by atoms with Crippen molar-refractivity contribution >= 4 is 17.6 Å². The summed E-state index contributed by atoms with van der Waals surface area (Å²) in [6, 6.07) is 5.79. The van der Waals surface area contributed by atoms with Gasteiger partial charge in [-0.05, 0) is 38.8 Å². The Bertz CT molecular complexity index is 922. The van der Waals surface area contributed by atoms with Crippen molar-refractivity contribution in [2.24, 2.45) is 11.8 Å². The summed E-state index contributed by atoms with van der Waals surface area (Å²) in [4.78, 5) is 24.1. The molecule has 0 saturated heterocycles. The molecule has 148 valence electrons. The van der Waals surface area contributed by atoms with Crippen LogP contribution in [-0.2, 0) is 16.3 Å². The molecule has 8 heteroatoms. The zero-order chi connectivity index (χ0) is 20.3. The maximum Gasteiger partial charge on any atom is 0.307 e. The number of aromatic nitrogens is 2. The predicted octanol–water partition coefficient (Wildman–Crippen LogP) is 3.28. The molecule has 0 bridgehead atoms. The van der Waals surface area contributed by atoms with Gasteiger partial charge in [0, 0.05) is 6.07 Å². The van der Waals surface area contributed by atoms with Crippen LogP contribution in [0.4, 0.5) is 10.1 Å². The lowest BCUT2D eigenvalue weighted by Crippen LogP contribution is -2.35. The van der Waals surface area contributed by atoms with Gasteiger partial charge in [-0.25, -0.2) is 9.07 Å². The van der Waals surface area contributed by atoms with E-state index in [1.54, 1.807) is 36.7 Å². The van der Waals surface area contributed by atoms with E-state index >= 15 is 0 Å². The van der Waals surface area contributed by atoms with E-state index in [2.05, 4.69) is 10.4 Å². The number of aryl methyl sites for hydroxylation is 1. The van der Waals surface area contributed by atoms with Gasteiger partial charge < -0.3 is 15.2 Å². The molecule has 2 atom stereocenters. The van der Waals surface area contributed by atoms with E-state index in [1.807, 2.05) is 6.08 Å². The molecule has 1 amide bonds. The summed E-state index contributed by atoms with van der Waals surface area (Å²) < 4.78 is 20.4. The number of rotatable bonds is 6. The van der Waals surface area contributed by atoms with Gasteiger partial charge in [0.15, 0.2) is 6.73 Å². The molecule has 7 nitrogen and oxygen atoms in total. The van der Waals surface area contributed by atoms with Gasteiger partial charge in [-0.1, -0.05) is 18.2 Å². The molecule has 0 saturated carbocycles. The summed E-state index contributed by atoms with van der Waals surface area (Å²) in [6.07, 6.45) is 4.35. The largest absolute Gasteiger partial charge is 0.481 e. The summed E-state index contributed by atoms with van der Waals surface area (Å²) in [5.74, 6) is -2.71. The highest BCUT2D eigenvalue weighted by Gasteiger charge is 2.34. The number of benzene rings is 1. The molecular weight excluding hydrogens is 365 g/mol. The van der Waals surface area contributed by atoms with Crippen molar-refractivity contribution < 1.29 is 23.8 Å². The number of hydrogen-bond acceptors (Lipinski definition) is 4. The Labute approximate surface area is 161 Å². The van der Waals surface area contributed by atoms with Crippen molar-refractivity contribution in [3.8, 4) is 5.75 Å². The topological polar surface area (TPSA) is 93.5 Å². The third kappa shape index (κ3) is 4.21. The van der Waals surface area contributed by atoms with E-state index < -0.39 is 23.6 Å². The van der Waals surface area contributed by atoms with E-state index in [0.29, 0.717) is 35.7 Å². The maximum absolute atomic E-state index is 13.3. The molecule has 2 aromatic rings. The molecule has 1 aliphatic carbocycles. The van der Waals surface area contributed by atoms with Crippen LogP contribution in [0.2, 0.25) is 0 Å². The smallest absolute Gasteiger partial charge is 0.307 e. The number of carbonyl (C=O) groups excluding carboxylic acids is 1. The number of carbonyl (C=O) groups is 2. The lowest BCUT2D eigenvalue weighted by molar-refractivity contribution is -0.146. The molecule has 1 aromatic heterocycles. The van der Waals surface area contributed by atoms with E-state index in [0.717, 1.165) is 0 Å². The Morgan fingerprint density at radius 3 is 2.68 bits per heavy atom. The Hall–Kier alpha value is -3.16. The molecule has 2 N–H and O–H groups in total. The quantitative estimate of drug-likeness (QED) is 0.742. The van der Waals surface area contributed by atoms with Gasteiger partial charge in [0.1, 0.15) is 11.6 Å². The first kappa shape index (κ1) is 19.6. The van der Waals surface area contributed by atoms with Crippen molar-refractivity contribution in [1.82, 2.24) is 9.78 Å². The number of anilines is 1. The highest BCUT2D eigenvalue weighted by Crippen LogP contribution is 2.29. The molecule has 1 aliphatic rings. The summed E-state index contributed by atoms with van der Waals surface area (Å²) in [5, 5.41) is 16.5. The van der Waals surface area contributed by atoms with Crippen molar-refractivity contribution in [2.45, 2.75) is 33.4 Å². The highest BCUT2D eigenvalue weighted by atomic mass is 19.1. The number of nitrogens with one attached hydrogen (secondary N) is 1. The third-order valence-corrected chi connectivity index (χ3v) is 4.87. The SMILES string of the molecule is Cc1nn(COc2cccc(F)c2)c(C)c1NC(=O)C1CC=CCC1C(=O)O. The number of amides is 1. The first-order chi connectivity index (χ1) is 13.4. The molecule has 28 heavy (non-hydrogen) atoms. The Morgan fingerprint density at radius 1 is 1.29 bits per heavy atom. The third-order valence-electron chi connectivity index (χ3n) is 4.87. The lowest BCUT2D eigenvalue weighted by Gasteiger charge is -2.24. The van der Waals surface area contributed by atoms with E-state index in [-0.39, 0.29) is 12.6 Å². The van der Waals surface area contributed by atoms with E-state index in [1.165, 1.54) is 12.1 Å². The zero-order valence-corrected chi connectivity index (χ0v) is 15.7. The summed E-state index contributed by atoms with van der Waals surface area (Å²) in [5.41, 5.74) is 1.79. The number of ether oxygens (including phenoxy) is 1. The van der Waals surface area contributed by atoms with Gasteiger partial charge in [-0.2, -0.15) is 5.10 Å². The zero-order valence-electron chi connectivity index (χ0n) is 15.7. The van der Waals surface area contributed by atoms with E-state index in [4.69, 9.17) is 4.74 Å². The van der Waals surface area contributed by atoms with Crippen molar-refractivity contribution in [3.05, 3.63) is 53.6 Å². The minimum Gasteiger partial charge on any atom is -0.481 e. The van der Waals surface area contributed by atoms with Crippen LogP contribution in [0.15, 0.2) is 36.4 Å². The molecule has 3 rings (SSSR count). The molecular formula is C20H22FN3O4. The number of carboxylic acid groups (broad SMARTS) is 1. The second kappa shape index (κ2) is 8.24. The Kier molecular flexibility index (Phi) is 5.77. The number of halogens is 1. The molecule has 0 fully saturated rings. The van der Waals surface area contributed by atoms with Gasteiger partial charge in [-0.3, -0.25) is 9.59 Å². The number of aliphatic carboxylic acids is 1. The van der Waals surface area contributed by atoms with Crippen LogP contribution in [0.5, 0.6) is 5.75 Å². The Morgan fingerprint density at radius 2 is 2.00 bits per heavy atom. The highest BCUT2D eigenvalue weighted by molar-refractivity contribution is 5.96. The molecule has 0 aliphatic heterocycles. The number of carboxylic acids is 1. The average molecular weight is 387 g/mol. The van der Waals surface area contributed by atoms with Crippen LogP contribution in [-0.4, -0.2) is 26.8 Å². The fraction of sp³-hybridized carbons (Fsp3) is 0.350. The first-order valence-corrected chi connectivity index (χ1v) is 8.98. The molecule has 1 aromatic carbocycles. The number of allylic oxidation sites excluding steroid dienone is 2. The van der Waals surface area contributed by atoms with Crippen molar-refractivity contribution in [1.29, 1.82) is 0 Å². The van der Waals surface area contributed by atoms with Crippen molar-refractivity contribution in [2.75, 3.05) is 5.32 Å². The van der Waals surface area contributed by atoms with Crippen LogP contribution in [0, 0.1) is 31.5 Å². The summed E-state index contributed by atoms with van der Waals surface area (Å²) in [6.45, 7) is 3.58. The average Bonchev–Trinajstić information content (AvgIpc) is 2.94. The van der Waals surface area contributed by atoms with Gasteiger partial charge in [-0.15, -0.1) is 0 Å². The maximum atomic E-state index is 13.3. The van der Waals surface area contributed by atoms with Gasteiger partial charge in [0.2, 0.25) is 5.91 Å². The first-order valence-electron chi connectivity index (χ1n) is 8.98. The monoisotopic (exact) mass is 387 g/mol. The number of hydrogen-bond donors (Lipinski definition) is 2. The van der Waals surface area contributed by atoms with Gasteiger partial charge in [0.05, 0.1) is 28.9 Å². The minimum atomic E-state index is -0.975.